The van der Waals surface area contributed by atoms with Gasteiger partial charge < -0.3 is 15.0 Å². The van der Waals surface area contributed by atoms with Crippen molar-refractivity contribution < 1.29 is 13.5 Å². The van der Waals surface area contributed by atoms with E-state index in [0.717, 1.165) is 18.9 Å². The summed E-state index contributed by atoms with van der Waals surface area (Å²) in [5.41, 5.74) is 6.36. The number of nitrogen functional groups attached to an aromatic ring is 1. The molecule has 102 valence electrons. The number of anilines is 1. The average Bonchev–Trinajstić information content (AvgIpc) is 2.61. The second-order valence-corrected chi connectivity index (χ2v) is 4.80. The van der Waals surface area contributed by atoms with Gasteiger partial charge >= 0.3 is 0 Å². The lowest BCUT2D eigenvalue weighted by Crippen LogP contribution is -2.33. The molecule has 2 N–H and O–H groups in total. The lowest BCUT2D eigenvalue weighted by molar-refractivity contribution is -0.0182. The van der Waals surface area contributed by atoms with Gasteiger partial charge in [0.1, 0.15) is 11.3 Å². The van der Waals surface area contributed by atoms with Crippen molar-refractivity contribution in [2.24, 2.45) is 0 Å². The lowest BCUT2D eigenvalue weighted by Gasteiger charge is -2.36. The lowest BCUT2D eigenvalue weighted by atomic mass is 9.89. The molecule has 1 aliphatic carbocycles. The topological polar surface area (TPSA) is 53.1 Å². The van der Waals surface area contributed by atoms with Gasteiger partial charge in [0.2, 0.25) is 5.95 Å². The number of hydrogen-bond donors (Lipinski definition) is 1. The largest absolute Gasteiger partial charge is 0.378 e. The SMILES string of the molecule is CCOC1CC(n2c(N)nc3c(F)cc(F)cc32)C1. The molecule has 19 heavy (non-hydrogen) atoms. The highest BCUT2D eigenvalue weighted by Gasteiger charge is 2.33. The summed E-state index contributed by atoms with van der Waals surface area (Å²) in [6.45, 7) is 2.61. The van der Waals surface area contributed by atoms with E-state index >= 15 is 0 Å². The highest BCUT2D eigenvalue weighted by atomic mass is 19.1. The molecule has 1 aliphatic rings. The number of halogens is 2. The Balaban J connectivity index is 1.98. The van der Waals surface area contributed by atoms with E-state index in [1.807, 2.05) is 6.92 Å². The van der Waals surface area contributed by atoms with Crippen LogP contribution >= 0.6 is 0 Å². The number of imidazole rings is 1. The van der Waals surface area contributed by atoms with Crippen molar-refractivity contribution in [2.75, 3.05) is 12.3 Å². The summed E-state index contributed by atoms with van der Waals surface area (Å²) in [7, 11) is 0. The zero-order chi connectivity index (χ0) is 13.6. The molecular formula is C13H15F2N3O. The maximum atomic E-state index is 13.6. The molecule has 0 saturated heterocycles. The van der Waals surface area contributed by atoms with Crippen molar-refractivity contribution in [3.8, 4) is 0 Å². The van der Waals surface area contributed by atoms with E-state index in [1.54, 1.807) is 4.57 Å². The molecule has 0 spiro atoms. The highest BCUT2D eigenvalue weighted by Crippen LogP contribution is 2.38. The van der Waals surface area contributed by atoms with Gasteiger partial charge in [-0.15, -0.1) is 0 Å². The van der Waals surface area contributed by atoms with Crippen LogP contribution in [0.4, 0.5) is 14.7 Å². The monoisotopic (exact) mass is 267 g/mol. The Morgan fingerprint density at radius 2 is 2.16 bits per heavy atom. The molecule has 0 atom stereocenters. The number of nitrogens with zero attached hydrogens (tertiary/aromatic N) is 2. The summed E-state index contributed by atoms with van der Waals surface area (Å²) < 4.78 is 34.1. The van der Waals surface area contributed by atoms with Crippen LogP contribution in [0.3, 0.4) is 0 Å². The number of fused-ring (bicyclic) bond motifs is 1. The summed E-state index contributed by atoms with van der Waals surface area (Å²) in [6.07, 6.45) is 1.79. The van der Waals surface area contributed by atoms with Crippen LogP contribution < -0.4 is 5.73 Å². The van der Waals surface area contributed by atoms with Gasteiger partial charge in [0, 0.05) is 24.8 Å². The molecule has 1 aromatic carbocycles. The minimum absolute atomic E-state index is 0.0998. The normalized spacial score (nSPS) is 22.7. The molecule has 0 unspecified atom stereocenters. The molecule has 1 aromatic heterocycles. The van der Waals surface area contributed by atoms with Crippen LogP contribution in [0.2, 0.25) is 0 Å². The average molecular weight is 267 g/mol. The van der Waals surface area contributed by atoms with Crippen molar-refractivity contribution in [3.05, 3.63) is 23.8 Å². The van der Waals surface area contributed by atoms with Gasteiger partial charge in [-0.3, -0.25) is 0 Å². The first-order chi connectivity index (χ1) is 9.10. The quantitative estimate of drug-likeness (QED) is 0.930. The van der Waals surface area contributed by atoms with Gasteiger partial charge in [-0.25, -0.2) is 13.8 Å². The van der Waals surface area contributed by atoms with Crippen LogP contribution in [0.15, 0.2) is 12.1 Å². The molecule has 1 fully saturated rings. The van der Waals surface area contributed by atoms with Crippen molar-refractivity contribution in [1.82, 2.24) is 9.55 Å². The van der Waals surface area contributed by atoms with Gasteiger partial charge in [0.15, 0.2) is 5.82 Å². The van der Waals surface area contributed by atoms with Crippen LogP contribution in [-0.2, 0) is 4.74 Å². The predicted octanol–water partition coefficient (Wildman–Crippen LogP) is 2.64. The van der Waals surface area contributed by atoms with E-state index in [1.165, 1.54) is 6.07 Å². The third-order valence-corrected chi connectivity index (χ3v) is 3.58. The van der Waals surface area contributed by atoms with Crippen LogP contribution in [0.1, 0.15) is 25.8 Å². The number of aromatic nitrogens is 2. The Morgan fingerprint density at radius 1 is 1.42 bits per heavy atom. The molecule has 3 rings (SSSR count). The Kier molecular flexibility index (Phi) is 2.89. The third kappa shape index (κ3) is 1.96. The minimum atomic E-state index is -0.680. The van der Waals surface area contributed by atoms with Crippen LogP contribution in [0.5, 0.6) is 0 Å². The van der Waals surface area contributed by atoms with E-state index in [0.29, 0.717) is 12.1 Å². The maximum absolute atomic E-state index is 13.6. The molecule has 0 bridgehead atoms. The van der Waals surface area contributed by atoms with Crippen LogP contribution in [0, 0.1) is 11.6 Å². The summed E-state index contributed by atoms with van der Waals surface area (Å²) in [5.74, 6) is -1.08. The van der Waals surface area contributed by atoms with Crippen molar-refractivity contribution in [2.45, 2.75) is 31.9 Å². The number of benzene rings is 1. The molecule has 0 aliphatic heterocycles. The van der Waals surface area contributed by atoms with Crippen molar-refractivity contribution in [3.63, 3.8) is 0 Å². The fraction of sp³-hybridized carbons (Fsp3) is 0.462. The Bertz CT molecular complexity index is 620. The smallest absolute Gasteiger partial charge is 0.201 e. The number of rotatable bonds is 3. The van der Waals surface area contributed by atoms with Crippen molar-refractivity contribution >= 4 is 17.0 Å². The first-order valence-electron chi connectivity index (χ1n) is 6.34. The first-order valence-corrected chi connectivity index (χ1v) is 6.34. The first kappa shape index (κ1) is 12.3. The van der Waals surface area contributed by atoms with E-state index in [4.69, 9.17) is 10.5 Å². The third-order valence-electron chi connectivity index (χ3n) is 3.58. The number of ether oxygens (including phenoxy) is 1. The molecule has 1 saturated carbocycles. The predicted molar refractivity (Wildman–Crippen MR) is 67.7 cm³/mol. The number of hydrogen-bond acceptors (Lipinski definition) is 3. The van der Waals surface area contributed by atoms with Gasteiger partial charge in [0.25, 0.3) is 0 Å². The second kappa shape index (κ2) is 4.45. The van der Waals surface area contributed by atoms with Gasteiger partial charge in [0.05, 0.1) is 11.6 Å². The van der Waals surface area contributed by atoms with Crippen LogP contribution in [0.25, 0.3) is 11.0 Å². The molecule has 4 nitrogen and oxygen atoms in total. The van der Waals surface area contributed by atoms with Crippen molar-refractivity contribution in [1.29, 1.82) is 0 Å². The fourth-order valence-corrected chi connectivity index (χ4v) is 2.64. The Labute approximate surface area is 109 Å². The van der Waals surface area contributed by atoms with E-state index < -0.39 is 11.6 Å². The molecule has 2 aromatic rings. The zero-order valence-corrected chi connectivity index (χ0v) is 10.6. The van der Waals surface area contributed by atoms with E-state index in [2.05, 4.69) is 4.98 Å². The molecule has 1 heterocycles. The Morgan fingerprint density at radius 3 is 2.84 bits per heavy atom. The molecule has 6 heteroatoms. The molecular weight excluding hydrogens is 252 g/mol. The van der Waals surface area contributed by atoms with E-state index in [9.17, 15) is 8.78 Å². The highest BCUT2D eigenvalue weighted by molar-refractivity contribution is 5.79. The fourth-order valence-electron chi connectivity index (χ4n) is 2.64. The summed E-state index contributed by atoms with van der Waals surface area (Å²) in [6, 6.07) is 2.20. The Hall–Kier alpha value is -1.69. The van der Waals surface area contributed by atoms with Crippen LogP contribution in [-0.4, -0.2) is 22.3 Å². The molecule has 0 amide bonds. The summed E-state index contributed by atoms with van der Waals surface area (Å²) in [4.78, 5) is 3.99. The van der Waals surface area contributed by atoms with Gasteiger partial charge in [-0.2, -0.15) is 0 Å². The summed E-state index contributed by atoms with van der Waals surface area (Å²) >= 11 is 0. The second-order valence-electron chi connectivity index (χ2n) is 4.80. The van der Waals surface area contributed by atoms with Gasteiger partial charge in [-0.05, 0) is 19.8 Å². The zero-order valence-electron chi connectivity index (χ0n) is 10.6. The minimum Gasteiger partial charge on any atom is -0.378 e. The van der Waals surface area contributed by atoms with E-state index in [-0.39, 0.29) is 23.6 Å². The standard InChI is InChI=1S/C13H15F2N3O/c1-2-19-9-5-8(6-9)18-11-4-7(14)3-10(15)12(11)17-13(18)16/h3-4,8-9H,2,5-6H2,1H3,(H2,16,17). The van der Waals surface area contributed by atoms with Gasteiger partial charge in [-0.1, -0.05) is 0 Å². The molecule has 0 radical (unpaired) electrons. The maximum Gasteiger partial charge on any atom is 0.201 e. The number of nitrogens with two attached hydrogens (primary N) is 1. The summed E-state index contributed by atoms with van der Waals surface area (Å²) in [5, 5.41) is 0.